The summed E-state index contributed by atoms with van der Waals surface area (Å²) in [6.07, 6.45) is 1.77. The van der Waals surface area contributed by atoms with E-state index in [9.17, 15) is 9.18 Å². The quantitative estimate of drug-likeness (QED) is 0.334. The van der Waals surface area contributed by atoms with Gasteiger partial charge in [0.25, 0.3) is 5.22 Å². The van der Waals surface area contributed by atoms with Gasteiger partial charge in [0, 0.05) is 29.3 Å². The van der Waals surface area contributed by atoms with Crippen LogP contribution in [0.5, 0.6) is 0 Å². The van der Waals surface area contributed by atoms with Crippen molar-refractivity contribution in [1.82, 2.24) is 20.5 Å². The van der Waals surface area contributed by atoms with Crippen molar-refractivity contribution >= 4 is 28.8 Å². The molecule has 4 aromatic rings. The van der Waals surface area contributed by atoms with Gasteiger partial charge in [-0.25, -0.2) is 9.18 Å². The van der Waals surface area contributed by atoms with Crippen LogP contribution in [-0.4, -0.2) is 26.9 Å². The summed E-state index contributed by atoms with van der Waals surface area (Å²) in [5.41, 5.74) is 2.16. The number of nitrogens with one attached hydrogen (secondary N) is 2. The van der Waals surface area contributed by atoms with E-state index in [-0.39, 0.29) is 11.7 Å². The van der Waals surface area contributed by atoms with Crippen LogP contribution in [0.1, 0.15) is 43.8 Å². The number of benzene rings is 2. The Hall–Kier alpha value is -3.33. The number of aromatic nitrogens is 3. The Morgan fingerprint density at radius 1 is 1.21 bits per heavy atom. The van der Waals surface area contributed by atoms with Crippen LogP contribution in [0, 0.1) is 5.82 Å². The fraction of sp³-hybridized carbons (Fsp3) is 0.292. The Morgan fingerprint density at radius 2 is 2.03 bits per heavy atom. The number of fused-ring (bicyclic) bond motifs is 1. The van der Waals surface area contributed by atoms with E-state index in [0.717, 1.165) is 22.0 Å². The summed E-state index contributed by atoms with van der Waals surface area (Å²) in [6, 6.07) is 13.7. The number of hydrogen-bond acceptors (Lipinski definition) is 6. The highest BCUT2D eigenvalue weighted by Crippen LogP contribution is 2.28. The van der Waals surface area contributed by atoms with Gasteiger partial charge in [-0.3, -0.25) is 0 Å². The molecule has 0 bridgehead atoms. The molecule has 1 atom stereocenters. The number of nitrogens with zero attached hydrogens (tertiary/aromatic N) is 2. The molecule has 2 N–H and O–H groups in total. The molecular formula is C24H25FN4O3S. The Morgan fingerprint density at radius 3 is 2.82 bits per heavy atom. The molecule has 0 saturated carbocycles. The molecule has 2 aromatic heterocycles. The lowest BCUT2D eigenvalue weighted by molar-refractivity contribution is 0.0494. The molecule has 0 fully saturated rings. The van der Waals surface area contributed by atoms with Crippen LogP contribution in [0.3, 0.4) is 0 Å². The summed E-state index contributed by atoms with van der Waals surface area (Å²) in [6.45, 7) is 5.40. The summed E-state index contributed by atoms with van der Waals surface area (Å²) < 4.78 is 24.7. The number of H-pyrrole nitrogens is 1. The van der Waals surface area contributed by atoms with E-state index in [0.29, 0.717) is 17.4 Å². The Bertz CT molecular complexity index is 1250. The lowest BCUT2D eigenvalue weighted by Gasteiger charge is -2.22. The number of alkyl carbamates (subject to hydrolysis) is 1. The monoisotopic (exact) mass is 468 g/mol. The van der Waals surface area contributed by atoms with Crippen molar-refractivity contribution in [3.63, 3.8) is 0 Å². The minimum Gasteiger partial charge on any atom is -0.444 e. The van der Waals surface area contributed by atoms with Crippen LogP contribution in [-0.2, 0) is 16.9 Å². The molecule has 0 saturated heterocycles. The fourth-order valence-electron chi connectivity index (χ4n) is 3.36. The lowest BCUT2D eigenvalue weighted by atomic mass is 10.1. The molecule has 172 valence electrons. The highest BCUT2D eigenvalue weighted by molar-refractivity contribution is 7.98. The van der Waals surface area contributed by atoms with Crippen LogP contribution < -0.4 is 5.32 Å². The van der Waals surface area contributed by atoms with Crippen LogP contribution in [0.2, 0.25) is 0 Å². The molecule has 2 aromatic carbocycles. The largest absolute Gasteiger partial charge is 0.444 e. The second-order valence-electron chi connectivity index (χ2n) is 8.59. The van der Waals surface area contributed by atoms with Crippen LogP contribution in [0.4, 0.5) is 9.18 Å². The second kappa shape index (κ2) is 9.66. The number of ether oxygens (including phenoxy) is 1. The van der Waals surface area contributed by atoms with Gasteiger partial charge in [0.15, 0.2) is 0 Å². The van der Waals surface area contributed by atoms with Crippen molar-refractivity contribution in [3.05, 3.63) is 77.6 Å². The van der Waals surface area contributed by atoms with Crippen LogP contribution in [0.25, 0.3) is 10.9 Å². The molecule has 1 unspecified atom stereocenters. The Labute approximate surface area is 195 Å². The molecular weight excluding hydrogens is 443 g/mol. The number of amides is 1. The Balaban J connectivity index is 1.53. The van der Waals surface area contributed by atoms with Gasteiger partial charge in [0.2, 0.25) is 5.89 Å². The van der Waals surface area contributed by atoms with Crippen LogP contribution >= 0.6 is 11.8 Å². The summed E-state index contributed by atoms with van der Waals surface area (Å²) >= 11 is 1.30. The molecule has 33 heavy (non-hydrogen) atoms. The predicted octanol–water partition coefficient (Wildman–Crippen LogP) is 5.79. The topological polar surface area (TPSA) is 93.0 Å². The van der Waals surface area contributed by atoms with Crippen LogP contribution in [0.15, 0.2) is 64.4 Å². The molecule has 0 aliphatic carbocycles. The molecule has 9 heteroatoms. The highest BCUT2D eigenvalue weighted by Gasteiger charge is 2.26. The number of rotatable bonds is 7. The molecule has 0 aliphatic heterocycles. The average molecular weight is 469 g/mol. The summed E-state index contributed by atoms with van der Waals surface area (Å²) in [4.78, 5) is 15.8. The smallest absolute Gasteiger partial charge is 0.408 e. The minimum atomic E-state index is -0.643. The molecule has 4 rings (SSSR count). The molecule has 7 nitrogen and oxygen atoms in total. The fourth-order valence-corrected chi connectivity index (χ4v) is 4.07. The standard InChI is InChI=1S/C24H25FN4O3S/c1-24(2,3)32-22(30)27-20(12-16-13-26-19-10-5-4-9-18(16)19)21-28-29-23(31-21)33-14-15-7-6-8-17(25)11-15/h4-11,13,20,26H,12,14H2,1-3H3,(H,27,30). The number of carbonyl (C=O) groups is 1. The summed E-state index contributed by atoms with van der Waals surface area (Å²) in [5, 5.41) is 12.5. The van der Waals surface area contributed by atoms with Gasteiger partial charge in [-0.2, -0.15) is 0 Å². The van der Waals surface area contributed by atoms with Crippen molar-refractivity contribution in [3.8, 4) is 0 Å². The third-order valence-electron chi connectivity index (χ3n) is 4.76. The van der Waals surface area contributed by atoms with E-state index in [1.54, 1.807) is 26.8 Å². The highest BCUT2D eigenvalue weighted by atomic mass is 32.2. The first-order valence-electron chi connectivity index (χ1n) is 10.5. The maximum atomic E-state index is 13.4. The van der Waals surface area contributed by atoms with E-state index < -0.39 is 17.7 Å². The SMILES string of the molecule is CC(C)(C)OC(=O)NC(Cc1c[nH]c2ccccc12)c1nnc(SCc2cccc(F)c2)o1. The van der Waals surface area contributed by atoms with Crippen molar-refractivity contribution in [1.29, 1.82) is 0 Å². The normalized spacial score (nSPS) is 12.6. The third kappa shape index (κ3) is 6.13. The first-order chi connectivity index (χ1) is 15.8. The van der Waals surface area contributed by atoms with Gasteiger partial charge in [-0.15, -0.1) is 10.2 Å². The van der Waals surface area contributed by atoms with Gasteiger partial charge in [0.05, 0.1) is 0 Å². The van der Waals surface area contributed by atoms with E-state index in [1.165, 1.54) is 23.9 Å². The van der Waals surface area contributed by atoms with Gasteiger partial charge in [0.1, 0.15) is 17.5 Å². The van der Waals surface area contributed by atoms with E-state index in [4.69, 9.17) is 9.15 Å². The number of thioether (sulfide) groups is 1. The Kier molecular flexibility index (Phi) is 6.69. The van der Waals surface area contributed by atoms with Crippen molar-refractivity contribution in [2.75, 3.05) is 0 Å². The molecule has 0 radical (unpaired) electrons. The molecule has 2 heterocycles. The number of para-hydroxylation sites is 1. The van der Waals surface area contributed by atoms with Gasteiger partial charge in [-0.1, -0.05) is 42.1 Å². The van der Waals surface area contributed by atoms with Gasteiger partial charge in [-0.05, 0) is 50.1 Å². The molecule has 1 amide bonds. The van der Waals surface area contributed by atoms with Gasteiger partial charge >= 0.3 is 6.09 Å². The minimum absolute atomic E-state index is 0.271. The van der Waals surface area contributed by atoms with E-state index in [1.807, 2.05) is 36.5 Å². The lowest BCUT2D eigenvalue weighted by Crippen LogP contribution is -2.36. The maximum Gasteiger partial charge on any atom is 0.408 e. The van der Waals surface area contributed by atoms with Crippen molar-refractivity contribution in [2.24, 2.45) is 0 Å². The first kappa shape index (κ1) is 22.8. The predicted molar refractivity (Wildman–Crippen MR) is 124 cm³/mol. The number of carbonyl (C=O) groups excluding carboxylic acids is 1. The molecule has 0 spiro atoms. The van der Waals surface area contributed by atoms with E-state index in [2.05, 4.69) is 20.5 Å². The second-order valence-corrected chi connectivity index (χ2v) is 9.51. The number of aromatic amines is 1. The molecule has 0 aliphatic rings. The van der Waals surface area contributed by atoms with Crippen molar-refractivity contribution < 1.29 is 18.3 Å². The van der Waals surface area contributed by atoms with Crippen molar-refractivity contribution in [2.45, 2.75) is 49.8 Å². The zero-order valence-electron chi connectivity index (χ0n) is 18.6. The summed E-state index contributed by atoms with van der Waals surface area (Å²) in [7, 11) is 0. The summed E-state index contributed by atoms with van der Waals surface area (Å²) in [5.74, 6) is 0.457. The first-order valence-corrected chi connectivity index (χ1v) is 11.5. The van der Waals surface area contributed by atoms with E-state index >= 15 is 0 Å². The average Bonchev–Trinajstić information content (AvgIpc) is 3.38. The zero-order valence-corrected chi connectivity index (χ0v) is 19.4. The number of hydrogen-bond donors (Lipinski definition) is 2. The zero-order chi connectivity index (χ0) is 23.4. The van der Waals surface area contributed by atoms with Gasteiger partial charge < -0.3 is 19.5 Å². The maximum absolute atomic E-state index is 13.4. The number of halogens is 1. The third-order valence-corrected chi connectivity index (χ3v) is 5.65.